The molecule has 0 aliphatic rings. The van der Waals surface area contributed by atoms with Crippen LogP contribution in [0.2, 0.25) is 4.34 Å². The smallest absolute Gasteiger partial charge is 0.124 e. The molecule has 0 bridgehead atoms. The lowest BCUT2D eigenvalue weighted by Gasteiger charge is -2.12. The minimum absolute atomic E-state index is 0.183. The van der Waals surface area contributed by atoms with Gasteiger partial charge in [-0.2, -0.15) is 0 Å². The predicted molar refractivity (Wildman–Crippen MR) is 86.6 cm³/mol. The largest absolute Gasteiger partial charge is 0.312 e. The lowest BCUT2D eigenvalue weighted by molar-refractivity contribution is 0.607. The molecule has 0 spiro atoms. The highest BCUT2D eigenvalue weighted by atomic mass is 35.5. The molecule has 1 aromatic carbocycles. The van der Waals surface area contributed by atoms with E-state index in [1.165, 1.54) is 15.8 Å². The molecule has 5 heteroatoms. The number of rotatable bonds is 4. The van der Waals surface area contributed by atoms with Gasteiger partial charge in [-0.3, -0.25) is 0 Å². The zero-order valence-electron chi connectivity index (χ0n) is 10.8. The molecule has 2 aromatic heterocycles. The first-order chi connectivity index (χ1) is 9.65. The first-order valence-electron chi connectivity index (χ1n) is 6.26. The van der Waals surface area contributed by atoms with Crippen molar-refractivity contribution in [1.82, 2.24) is 5.32 Å². The van der Waals surface area contributed by atoms with Crippen molar-refractivity contribution in [3.8, 4) is 0 Å². The molecule has 2 heterocycles. The van der Waals surface area contributed by atoms with Gasteiger partial charge in [-0.15, -0.1) is 22.7 Å². The molecule has 3 rings (SSSR count). The Morgan fingerprint density at radius 3 is 2.75 bits per heavy atom. The summed E-state index contributed by atoms with van der Waals surface area (Å²) in [5.41, 5.74) is 0. The lowest BCUT2D eigenvalue weighted by Crippen LogP contribution is -2.17. The summed E-state index contributed by atoms with van der Waals surface area (Å²) in [5.74, 6) is -0.183. The average Bonchev–Trinajstić information content (AvgIpc) is 3.01. The number of thiophene rings is 2. The highest BCUT2D eigenvalue weighted by Gasteiger charge is 2.15. The molecule has 1 nitrogen and oxygen atoms in total. The van der Waals surface area contributed by atoms with Gasteiger partial charge in [0.15, 0.2) is 0 Å². The van der Waals surface area contributed by atoms with Crippen LogP contribution in [0.1, 0.15) is 15.8 Å². The minimum atomic E-state index is -0.183. The third kappa shape index (κ3) is 2.88. The van der Waals surface area contributed by atoms with E-state index in [9.17, 15) is 4.39 Å². The standard InChI is InChI=1S/C15H13ClFNS2/c1-18-12(8-11-4-5-15(16)19-11)14-6-9-2-3-10(17)7-13(9)20-14/h2-7,12,18H,8H2,1H3. The normalized spacial score (nSPS) is 12.9. The van der Waals surface area contributed by atoms with Crippen LogP contribution in [-0.2, 0) is 6.42 Å². The van der Waals surface area contributed by atoms with Gasteiger partial charge in [0.2, 0.25) is 0 Å². The maximum absolute atomic E-state index is 13.3. The molecule has 0 radical (unpaired) electrons. The second-order valence-electron chi connectivity index (χ2n) is 4.58. The third-order valence-electron chi connectivity index (χ3n) is 3.23. The van der Waals surface area contributed by atoms with E-state index >= 15 is 0 Å². The van der Waals surface area contributed by atoms with E-state index in [1.807, 2.05) is 19.2 Å². The monoisotopic (exact) mass is 325 g/mol. The van der Waals surface area contributed by atoms with Gasteiger partial charge in [0.1, 0.15) is 5.82 Å². The van der Waals surface area contributed by atoms with Crippen LogP contribution < -0.4 is 5.32 Å². The van der Waals surface area contributed by atoms with Crippen LogP contribution in [0, 0.1) is 5.82 Å². The summed E-state index contributed by atoms with van der Waals surface area (Å²) in [6.07, 6.45) is 0.892. The lowest BCUT2D eigenvalue weighted by atomic mass is 10.1. The van der Waals surface area contributed by atoms with Gasteiger partial charge in [0.25, 0.3) is 0 Å². The Hall–Kier alpha value is -0.940. The number of nitrogens with one attached hydrogen (secondary N) is 1. The number of fused-ring (bicyclic) bond motifs is 1. The van der Waals surface area contributed by atoms with Gasteiger partial charge < -0.3 is 5.32 Å². The minimum Gasteiger partial charge on any atom is -0.312 e. The van der Waals surface area contributed by atoms with E-state index in [1.54, 1.807) is 28.7 Å². The molecule has 0 amide bonds. The van der Waals surface area contributed by atoms with Gasteiger partial charge in [-0.05, 0) is 42.8 Å². The summed E-state index contributed by atoms with van der Waals surface area (Å²) in [6.45, 7) is 0. The van der Waals surface area contributed by atoms with Gasteiger partial charge in [-0.25, -0.2) is 4.39 Å². The summed E-state index contributed by atoms with van der Waals surface area (Å²) >= 11 is 9.22. The molecule has 0 saturated carbocycles. The highest BCUT2D eigenvalue weighted by Crippen LogP contribution is 2.33. The van der Waals surface area contributed by atoms with Gasteiger partial charge in [0, 0.05) is 26.9 Å². The Morgan fingerprint density at radius 1 is 1.20 bits per heavy atom. The maximum Gasteiger partial charge on any atom is 0.124 e. The fourth-order valence-electron chi connectivity index (χ4n) is 2.20. The highest BCUT2D eigenvalue weighted by molar-refractivity contribution is 7.19. The van der Waals surface area contributed by atoms with Gasteiger partial charge in [0.05, 0.1) is 4.34 Å². The topological polar surface area (TPSA) is 12.0 Å². The van der Waals surface area contributed by atoms with Crippen molar-refractivity contribution in [3.63, 3.8) is 0 Å². The molecule has 0 aliphatic heterocycles. The molecule has 1 atom stereocenters. The Morgan fingerprint density at radius 2 is 2.05 bits per heavy atom. The summed E-state index contributed by atoms with van der Waals surface area (Å²) < 4.78 is 15.1. The number of benzene rings is 1. The number of hydrogen-bond donors (Lipinski definition) is 1. The van der Waals surface area contributed by atoms with Crippen LogP contribution in [0.4, 0.5) is 4.39 Å². The molecule has 104 valence electrons. The van der Waals surface area contributed by atoms with Crippen LogP contribution >= 0.6 is 34.3 Å². The van der Waals surface area contributed by atoms with Gasteiger partial charge >= 0.3 is 0 Å². The number of halogens is 2. The van der Waals surface area contributed by atoms with E-state index in [0.717, 1.165) is 20.8 Å². The molecule has 1 N–H and O–H groups in total. The SMILES string of the molecule is CNC(Cc1ccc(Cl)s1)c1cc2ccc(F)cc2s1. The van der Waals surface area contributed by atoms with E-state index in [2.05, 4.69) is 17.4 Å². The molecule has 3 aromatic rings. The van der Waals surface area contributed by atoms with Crippen molar-refractivity contribution in [2.45, 2.75) is 12.5 Å². The molecular formula is C15H13ClFNS2. The molecule has 0 saturated heterocycles. The van der Waals surface area contributed by atoms with Crippen molar-refractivity contribution in [3.05, 3.63) is 56.3 Å². The number of hydrogen-bond acceptors (Lipinski definition) is 3. The number of likely N-dealkylation sites (N-methyl/N-ethyl adjacent to an activating group) is 1. The predicted octanol–water partition coefficient (Wildman–Crippen LogP) is 5.26. The van der Waals surface area contributed by atoms with E-state index in [0.29, 0.717) is 0 Å². The van der Waals surface area contributed by atoms with E-state index < -0.39 is 0 Å². The summed E-state index contributed by atoms with van der Waals surface area (Å²) in [6, 6.07) is 11.3. The van der Waals surface area contributed by atoms with Crippen molar-refractivity contribution < 1.29 is 4.39 Å². The van der Waals surface area contributed by atoms with Crippen LogP contribution in [0.25, 0.3) is 10.1 Å². The van der Waals surface area contributed by atoms with Crippen molar-refractivity contribution in [1.29, 1.82) is 0 Å². The van der Waals surface area contributed by atoms with Gasteiger partial charge in [-0.1, -0.05) is 17.7 Å². The molecule has 1 unspecified atom stereocenters. The fourth-order valence-corrected chi connectivity index (χ4v) is 4.54. The molecular weight excluding hydrogens is 313 g/mol. The second kappa shape index (κ2) is 5.82. The van der Waals surface area contributed by atoms with Crippen LogP contribution in [0.5, 0.6) is 0 Å². The summed E-state index contributed by atoms with van der Waals surface area (Å²) in [4.78, 5) is 2.47. The van der Waals surface area contributed by atoms with Crippen molar-refractivity contribution in [2.24, 2.45) is 0 Å². The van der Waals surface area contributed by atoms with Crippen molar-refractivity contribution >= 4 is 44.4 Å². The fraction of sp³-hybridized carbons (Fsp3) is 0.200. The quantitative estimate of drug-likeness (QED) is 0.690. The van der Waals surface area contributed by atoms with Crippen LogP contribution in [0.3, 0.4) is 0 Å². The Labute approximate surface area is 130 Å². The zero-order chi connectivity index (χ0) is 14.1. The Balaban J connectivity index is 1.90. The van der Waals surface area contributed by atoms with Crippen LogP contribution in [-0.4, -0.2) is 7.05 Å². The van der Waals surface area contributed by atoms with Crippen molar-refractivity contribution in [2.75, 3.05) is 7.05 Å². The van der Waals surface area contributed by atoms with E-state index in [4.69, 9.17) is 11.6 Å². The molecule has 0 aliphatic carbocycles. The Kier molecular flexibility index (Phi) is 4.08. The first kappa shape index (κ1) is 14.0. The Bertz CT molecular complexity index is 734. The maximum atomic E-state index is 13.3. The first-order valence-corrected chi connectivity index (χ1v) is 8.27. The van der Waals surface area contributed by atoms with E-state index in [-0.39, 0.29) is 11.9 Å². The summed E-state index contributed by atoms with van der Waals surface area (Å²) in [7, 11) is 1.95. The molecule has 20 heavy (non-hydrogen) atoms. The average molecular weight is 326 g/mol. The summed E-state index contributed by atoms with van der Waals surface area (Å²) in [5, 5.41) is 4.43. The zero-order valence-corrected chi connectivity index (χ0v) is 13.2. The molecule has 0 fully saturated rings. The second-order valence-corrected chi connectivity index (χ2v) is 7.50. The van der Waals surface area contributed by atoms with Crippen LogP contribution in [0.15, 0.2) is 36.4 Å². The third-order valence-corrected chi connectivity index (χ3v) is 5.69.